The molecule has 0 bridgehead atoms. The van der Waals surface area contributed by atoms with Crippen LogP contribution in [0, 0.1) is 10.1 Å². The minimum absolute atomic E-state index is 0.205. The van der Waals surface area contributed by atoms with Gasteiger partial charge in [-0.15, -0.1) is 0 Å². The van der Waals surface area contributed by atoms with Crippen molar-refractivity contribution in [2.24, 2.45) is 0 Å². The highest BCUT2D eigenvalue weighted by molar-refractivity contribution is 9.09. The molecular weight excluding hydrogens is 302 g/mol. The van der Waals surface area contributed by atoms with E-state index in [1.54, 1.807) is 30.5 Å². The second-order valence-electron chi connectivity index (χ2n) is 3.39. The lowest BCUT2D eigenvalue weighted by Crippen LogP contribution is -2.01. The van der Waals surface area contributed by atoms with Gasteiger partial charge < -0.3 is 14.9 Å². The summed E-state index contributed by atoms with van der Waals surface area (Å²) < 4.78 is 6.81. The molecule has 1 aromatic heterocycles. The molecule has 0 fully saturated rings. The lowest BCUT2D eigenvalue weighted by molar-refractivity contribution is -0.395. The molecule has 0 unspecified atom stereocenters. The number of imidazole rings is 1. The lowest BCUT2D eigenvalue weighted by Gasteiger charge is -2.05. The van der Waals surface area contributed by atoms with Crippen molar-refractivity contribution in [1.29, 1.82) is 0 Å². The molecule has 0 amide bonds. The molecule has 7 heteroatoms. The summed E-state index contributed by atoms with van der Waals surface area (Å²) in [6.45, 7) is 0.574. The third kappa shape index (κ3) is 2.67. The number of rotatable bonds is 5. The van der Waals surface area contributed by atoms with Gasteiger partial charge in [0.25, 0.3) is 0 Å². The average Bonchev–Trinajstić information content (AvgIpc) is 2.86. The molecule has 0 aliphatic carbocycles. The van der Waals surface area contributed by atoms with Crippen LogP contribution < -0.4 is 4.74 Å². The summed E-state index contributed by atoms with van der Waals surface area (Å²) >= 11 is 3.27. The third-order valence-electron chi connectivity index (χ3n) is 2.25. The second kappa shape index (κ2) is 5.63. The average molecular weight is 312 g/mol. The molecule has 0 saturated carbocycles. The number of hydrogen-bond acceptors (Lipinski definition) is 4. The van der Waals surface area contributed by atoms with Gasteiger partial charge in [0.2, 0.25) is 0 Å². The van der Waals surface area contributed by atoms with Crippen molar-refractivity contribution in [2.75, 3.05) is 11.9 Å². The summed E-state index contributed by atoms with van der Waals surface area (Å²) in [4.78, 5) is 13.9. The van der Waals surface area contributed by atoms with Crippen molar-refractivity contribution in [3.8, 4) is 11.4 Å². The Bertz CT molecular complexity index is 539. The number of ether oxygens (including phenoxy) is 1. The van der Waals surface area contributed by atoms with Gasteiger partial charge in [-0.3, -0.25) is 0 Å². The van der Waals surface area contributed by atoms with E-state index >= 15 is 0 Å². The number of benzene rings is 1. The second-order valence-corrected chi connectivity index (χ2v) is 4.18. The van der Waals surface area contributed by atoms with E-state index in [1.807, 2.05) is 0 Å². The highest BCUT2D eigenvalue weighted by atomic mass is 79.9. The quantitative estimate of drug-likeness (QED) is 0.483. The fraction of sp³-hybridized carbons (Fsp3) is 0.182. The summed E-state index contributed by atoms with van der Waals surface area (Å²) in [6.07, 6.45) is 2.94. The zero-order valence-corrected chi connectivity index (χ0v) is 10.9. The van der Waals surface area contributed by atoms with Crippen molar-refractivity contribution < 1.29 is 9.66 Å². The minimum Gasteiger partial charge on any atom is -0.493 e. The maximum absolute atomic E-state index is 10.8. The Morgan fingerprint density at radius 1 is 1.39 bits per heavy atom. The number of aromatic nitrogens is 2. The van der Waals surface area contributed by atoms with E-state index in [0.29, 0.717) is 12.3 Å². The summed E-state index contributed by atoms with van der Waals surface area (Å²) in [5, 5.41) is 11.5. The fourth-order valence-electron chi connectivity index (χ4n) is 1.49. The van der Waals surface area contributed by atoms with Crippen molar-refractivity contribution >= 4 is 21.9 Å². The van der Waals surface area contributed by atoms with E-state index in [0.717, 1.165) is 11.1 Å². The van der Waals surface area contributed by atoms with Gasteiger partial charge in [-0.05, 0) is 29.2 Å². The predicted octanol–water partition coefficient (Wildman–Crippen LogP) is 2.55. The first-order valence-corrected chi connectivity index (χ1v) is 6.31. The van der Waals surface area contributed by atoms with Crippen LogP contribution in [0.1, 0.15) is 0 Å². The molecule has 2 rings (SSSR count). The van der Waals surface area contributed by atoms with Crippen molar-refractivity contribution in [2.45, 2.75) is 0 Å². The molecule has 0 aliphatic rings. The maximum Gasteiger partial charge on any atom is 0.439 e. The van der Waals surface area contributed by atoms with Crippen LogP contribution in [0.5, 0.6) is 5.75 Å². The van der Waals surface area contributed by atoms with E-state index in [2.05, 4.69) is 20.9 Å². The summed E-state index contributed by atoms with van der Waals surface area (Å²) in [7, 11) is 0. The largest absolute Gasteiger partial charge is 0.493 e. The molecule has 0 radical (unpaired) electrons. The van der Waals surface area contributed by atoms with E-state index in [1.165, 1.54) is 10.8 Å². The number of hydrogen-bond donors (Lipinski definition) is 0. The van der Waals surface area contributed by atoms with Gasteiger partial charge in [0.05, 0.1) is 6.61 Å². The molecule has 1 heterocycles. The summed E-state index contributed by atoms with van der Waals surface area (Å²) in [5.41, 5.74) is 0.672. The van der Waals surface area contributed by atoms with Crippen LogP contribution in [0.2, 0.25) is 0 Å². The van der Waals surface area contributed by atoms with Crippen LogP contribution in [0.3, 0.4) is 0 Å². The molecule has 0 aliphatic heterocycles. The van der Waals surface area contributed by atoms with Gasteiger partial charge in [-0.25, -0.2) is 0 Å². The Kier molecular flexibility index (Phi) is 3.93. The summed E-state index contributed by atoms with van der Waals surface area (Å²) in [6, 6.07) is 7.03. The van der Waals surface area contributed by atoms with Crippen LogP contribution in [0.15, 0.2) is 36.7 Å². The van der Waals surface area contributed by atoms with Crippen molar-refractivity contribution in [1.82, 2.24) is 9.55 Å². The Balaban J connectivity index is 2.23. The number of alkyl halides is 1. The highest BCUT2D eigenvalue weighted by Gasteiger charge is 2.15. The van der Waals surface area contributed by atoms with Gasteiger partial charge in [-0.1, -0.05) is 20.9 Å². The topological polar surface area (TPSA) is 70.2 Å². The molecule has 6 nitrogen and oxygen atoms in total. The third-order valence-corrected chi connectivity index (χ3v) is 2.57. The summed E-state index contributed by atoms with van der Waals surface area (Å²) in [5.74, 6) is 0.519. The normalized spacial score (nSPS) is 10.3. The van der Waals surface area contributed by atoms with Gasteiger partial charge in [-0.2, -0.15) is 4.57 Å². The van der Waals surface area contributed by atoms with Crippen molar-refractivity contribution in [3.63, 3.8) is 0 Å². The van der Waals surface area contributed by atoms with Crippen LogP contribution in [0.4, 0.5) is 5.95 Å². The van der Waals surface area contributed by atoms with Gasteiger partial charge >= 0.3 is 5.95 Å². The monoisotopic (exact) mass is 311 g/mol. The highest BCUT2D eigenvalue weighted by Crippen LogP contribution is 2.19. The van der Waals surface area contributed by atoms with Gasteiger partial charge in [0.15, 0.2) is 0 Å². The molecule has 18 heavy (non-hydrogen) atoms. The first kappa shape index (κ1) is 12.6. The number of nitrogens with zero attached hydrogens (tertiary/aromatic N) is 3. The molecule has 0 atom stereocenters. The van der Waals surface area contributed by atoms with E-state index in [9.17, 15) is 10.1 Å². The predicted molar refractivity (Wildman–Crippen MR) is 69.5 cm³/mol. The molecule has 2 aromatic rings. The van der Waals surface area contributed by atoms with Crippen LogP contribution in [0.25, 0.3) is 5.69 Å². The number of halogens is 1. The fourth-order valence-corrected chi connectivity index (χ4v) is 1.65. The molecule has 0 N–H and O–H groups in total. The first-order chi connectivity index (χ1) is 8.72. The molecule has 94 valence electrons. The number of nitro groups is 1. The molecule has 0 saturated heterocycles. The van der Waals surface area contributed by atoms with E-state index in [-0.39, 0.29) is 5.95 Å². The van der Waals surface area contributed by atoms with Crippen LogP contribution in [-0.2, 0) is 0 Å². The Hall–Kier alpha value is -1.89. The van der Waals surface area contributed by atoms with Crippen LogP contribution in [-0.4, -0.2) is 26.4 Å². The molecule has 1 aromatic carbocycles. The van der Waals surface area contributed by atoms with Crippen molar-refractivity contribution in [3.05, 3.63) is 46.8 Å². The zero-order chi connectivity index (χ0) is 13.0. The maximum atomic E-state index is 10.8. The first-order valence-electron chi connectivity index (χ1n) is 5.19. The lowest BCUT2D eigenvalue weighted by atomic mass is 10.3. The Morgan fingerprint density at radius 2 is 2.11 bits per heavy atom. The Morgan fingerprint density at radius 3 is 2.72 bits per heavy atom. The molecule has 0 spiro atoms. The van der Waals surface area contributed by atoms with Gasteiger partial charge in [0, 0.05) is 5.33 Å². The smallest absolute Gasteiger partial charge is 0.439 e. The SMILES string of the molecule is O=[N+]([O-])c1nccn1-c1ccc(OCCBr)cc1. The van der Waals surface area contributed by atoms with E-state index < -0.39 is 4.92 Å². The van der Waals surface area contributed by atoms with E-state index in [4.69, 9.17) is 4.74 Å². The Labute approximate surface area is 111 Å². The zero-order valence-electron chi connectivity index (χ0n) is 9.32. The van der Waals surface area contributed by atoms with Gasteiger partial charge in [0.1, 0.15) is 23.8 Å². The standard InChI is InChI=1S/C11H10BrN3O3/c12-5-8-18-10-3-1-9(2-4-10)14-7-6-13-11(14)15(16)17/h1-4,6-7H,5,8H2. The minimum atomic E-state index is -0.519. The molecular formula is C11H10BrN3O3. The van der Waals surface area contributed by atoms with Crippen LogP contribution >= 0.6 is 15.9 Å².